The zero-order valence-electron chi connectivity index (χ0n) is 12.3. The van der Waals surface area contributed by atoms with Gasteiger partial charge in [-0.3, -0.25) is 9.98 Å². The van der Waals surface area contributed by atoms with Crippen molar-refractivity contribution >= 4 is 37.7 Å². The van der Waals surface area contributed by atoms with Crippen molar-refractivity contribution in [2.45, 2.75) is 57.6 Å². The first-order valence-corrected chi connectivity index (χ1v) is 7.45. The standard InChI is InChI=1S/C14H26N2S2/c1-12(2)7-15-9-14(5,6)16-8-13(3,4)11(18)10(12)17/h7-8,10-11,17-18H,9H2,1-6H3. The summed E-state index contributed by atoms with van der Waals surface area (Å²) in [5, 5.41) is 0.257. The highest BCUT2D eigenvalue weighted by molar-refractivity contribution is 7.85. The monoisotopic (exact) mass is 286 g/mol. The second kappa shape index (κ2) is 5.20. The van der Waals surface area contributed by atoms with E-state index in [2.05, 4.69) is 51.5 Å². The predicted molar refractivity (Wildman–Crippen MR) is 89.0 cm³/mol. The van der Waals surface area contributed by atoms with E-state index >= 15 is 0 Å². The van der Waals surface area contributed by atoms with E-state index in [9.17, 15) is 0 Å². The van der Waals surface area contributed by atoms with E-state index in [1.807, 2.05) is 12.4 Å². The smallest absolute Gasteiger partial charge is 0.0742 e. The van der Waals surface area contributed by atoms with Gasteiger partial charge >= 0.3 is 0 Å². The Morgan fingerprint density at radius 3 is 1.83 bits per heavy atom. The van der Waals surface area contributed by atoms with E-state index in [0.29, 0.717) is 6.54 Å². The van der Waals surface area contributed by atoms with Gasteiger partial charge in [0.2, 0.25) is 0 Å². The van der Waals surface area contributed by atoms with Crippen molar-refractivity contribution in [1.29, 1.82) is 0 Å². The Labute approximate surface area is 123 Å². The van der Waals surface area contributed by atoms with Crippen LogP contribution in [-0.4, -0.2) is 35.0 Å². The zero-order valence-corrected chi connectivity index (χ0v) is 14.1. The quantitative estimate of drug-likeness (QED) is 0.637. The van der Waals surface area contributed by atoms with E-state index in [1.165, 1.54) is 0 Å². The third-order valence-electron chi connectivity index (χ3n) is 3.47. The molecule has 1 aliphatic heterocycles. The summed E-state index contributed by atoms with van der Waals surface area (Å²) in [5.41, 5.74) is -0.315. The van der Waals surface area contributed by atoms with Gasteiger partial charge in [-0.15, -0.1) is 0 Å². The molecule has 0 fully saturated rings. The molecule has 1 heterocycles. The summed E-state index contributed by atoms with van der Waals surface area (Å²) in [6.07, 6.45) is 4.05. The van der Waals surface area contributed by atoms with E-state index < -0.39 is 0 Å². The zero-order chi connectivity index (χ0) is 14.2. The Hall–Kier alpha value is 0.0400. The van der Waals surface area contributed by atoms with Gasteiger partial charge in [0.25, 0.3) is 0 Å². The lowest BCUT2D eigenvalue weighted by atomic mass is 9.78. The summed E-state index contributed by atoms with van der Waals surface area (Å²) in [5.74, 6) is 0. The van der Waals surface area contributed by atoms with E-state index in [4.69, 9.17) is 25.3 Å². The van der Waals surface area contributed by atoms with Gasteiger partial charge in [-0.2, -0.15) is 25.3 Å². The van der Waals surface area contributed by atoms with Crippen LogP contribution >= 0.6 is 25.3 Å². The molecule has 0 N–H and O–H groups in total. The fourth-order valence-corrected chi connectivity index (χ4v) is 2.75. The fourth-order valence-electron chi connectivity index (χ4n) is 1.85. The topological polar surface area (TPSA) is 24.7 Å². The molecule has 0 spiro atoms. The minimum atomic E-state index is -0.152. The maximum absolute atomic E-state index is 4.78. The lowest BCUT2D eigenvalue weighted by Crippen LogP contribution is -2.44. The molecule has 0 aliphatic carbocycles. The first-order chi connectivity index (χ1) is 7.98. The molecule has 0 amide bonds. The highest BCUT2D eigenvalue weighted by atomic mass is 32.1. The SMILES string of the molecule is CC1(C)CN=CC(C)(C)C(S)C(S)C(C)(C)C=N1. The van der Waals surface area contributed by atoms with E-state index in [1.54, 1.807) is 0 Å². The highest BCUT2D eigenvalue weighted by Gasteiger charge is 2.38. The molecule has 0 saturated heterocycles. The lowest BCUT2D eigenvalue weighted by Gasteiger charge is -2.39. The van der Waals surface area contributed by atoms with E-state index in [-0.39, 0.29) is 26.9 Å². The van der Waals surface area contributed by atoms with Gasteiger partial charge in [0.1, 0.15) is 0 Å². The molecule has 4 heteroatoms. The average molecular weight is 287 g/mol. The Balaban J connectivity index is 3.18. The number of thiol groups is 2. The van der Waals surface area contributed by atoms with Crippen LogP contribution in [-0.2, 0) is 0 Å². The molecular weight excluding hydrogens is 260 g/mol. The van der Waals surface area contributed by atoms with Crippen molar-refractivity contribution in [3.8, 4) is 0 Å². The molecule has 2 atom stereocenters. The fraction of sp³-hybridized carbons (Fsp3) is 0.857. The van der Waals surface area contributed by atoms with Crippen molar-refractivity contribution in [3.63, 3.8) is 0 Å². The van der Waals surface area contributed by atoms with Gasteiger partial charge < -0.3 is 0 Å². The second-order valence-corrected chi connectivity index (χ2v) is 8.19. The molecule has 0 radical (unpaired) electrons. The molecule has 0 aromatic carbocycles. The van der Waals surface area contributed by atoms with Crippen LogP contribution in [0.2, 0.25) is 0 Å². The van der Waals surface area contributed by atoms with Crippen molar-refractivity contribution in [3.05, 3.63) is 0 Å². The molecule has 104 valence electrons. The van der Waals surface area contributed by atoms with Crippen molar-refractivity contribution in [1.82, 2.24) is 0 Å². The molecule has 2 nitrogen and oxygen atoms in total. The van der Waals surface area contributed by atoms with Gasteiger partial charge in [-0.25, -0.2) is 0 Å². The minimum absolute atomic E-state index is 0.0753. The van der Waals surface area contributed by atoms with Crippen LogP contribution in [0.25, 0.3) is 0 Å². The third-order valence-corrected chi connectivity index (χ3v) is 5.64. The average Bonchev–Trinajstić information content (AvgIpc) is 2.23. The molecule has 0 aromatic heterocycles. The van der Waals surface area contributed by atoms with Gasteiger partial charge in [-0.05, 0) is 13.8 Å². The van der Waals surface area contributed by atoms with Crippen molar-refractivity contribution < 1.29 is 0 Å². The molecule has 18 heavy (non-hydrogen) atoms. The van der Waals surface area contributed by atoms with Gasteiger partial charge in [0, 0.05) is 33.8 Å². The molecule has 2 unspecified atom stereocenters. The number of hydrogen-bond acceptors (Lipinski definition) is 4. The first-order valence-electron chi connectivity index (χ1n) is 6.41. The maximum atomic E-state index is 4.78. The molecule has 1 rings (SSSR count). The lowest BCUT2D eigenvalue weighted by molar-refractivity contribution is 0.396. The number of hydrogen-bond donors (Lipinski definition) is 2. The Morgan fingerprint density at radius 2 is 1.33 bits per heavy atom. The van der Waals surface area contributed by atoms with Gasteiger partial charge in [0.05, 0.1) is 12.1 Å². The number of rotatable bonds is 0. The summed E-state index contributed by atoms with van der Waals surface area (Å²) in [6, 6.07) is 0. The summed E-state index contributed by atoms with van der Waals surface area (Å²) in [7, 11) is 0. The molecule has 0 bridgehead atoms. The molecule has 0 aromatic rings. The van der Waals surface area contributed by atoms with Crippen LogP contribution in [0.5, 0.6) is 0 Å². The molecule has 0 saturated carbocycles. The Kier molecular flexibility index (Phi) is 4.65. The maximum Gasteiger partial charge on any atom is 0.0742 e. The van der Waals surface area contributed by atoms with Crippen LogP contribution in [0.3, 0.4) is 0 Å². The normalized spacial score (nSPS) is 34.2. The van der Waals surface area contributed by atoms with Crippen LogP contribution in [0.1, 0.15) is 41.5 Å². The summed E-state index contributed by atoms with van der Waals surface area (Å²) in [6.45, 7) is 13.6. The highest BCUT2D eigenvalue weighted by Crippen LogP contribution is 2.37. The van der Waals surface area contributed by atoms with E-state index in [0.717, 1.165) is 0 Å². The number of nitrogens with zero attached hydrogens (tertiary/aromatic N) is 2. The minimum Gasteiger partial charge on any atom is -0.294 e. The summed E-state index contributed by atoms with van der Waals surface area (Å²) >= 11 is 9.54. The van der Waals surface area contributed by atoms with Crippen LogP contribution in [0.15, 0.2) is 9.98 Å². The predicted octanol–water partition coefficient (Wildman–Crippen LogP) is 3.57. The van der Waals surface area contributed by atoms with Crippen LogP contribution in [0, 0.1) is 10.8 Å². The Morgan fingerprint density at radius 1 is 0.889 bits per heavy atom. The first kappa shape index (κ1) is 16.1. The third kappa shape index (κ3) is 3.77. The van der Waals surface area contributed by atoms with Crippen LogP contribution in [0.4, 0.5) is 0 Å². The van der Waals surface area contributed by atoms with Crippen molar-refractivity contribution in [2.75, 3.05) is 6.54 Å². The second-order valence-electron chi connectivity index (χ2n) is 7.07. The summed E-state index contributed by atoms with van der Waals surface area (Å²) in [4.78, 5) is 9.23. The van der Waals surface area contributed by atoms with Crippen molar-refractivity contribution in [2.24, 2.45) is 20.8 Å². The number of aliphatic imine (C=N–C) groups is 2. The molecular formula is C14H26N2S2. The Bertz CT molecular complexity index is 357. The van der Waals surface area contributed by atoms with Gasteiger partial charge in [-0.1, -0.05) is 27.7 Å². The van der Waals surface area contributed by atoms with Gasteiger partial charge in [0.15, 0.2) is 0 Å². The van der Waals surface area contributed by atoms with Crippen LogP contribution < -0.4 is 0 Å². The largest absolute Gasteiger partial charge is 0.294 e. The summed E-state index contributed by atoms with van der Waals surface area (Å²) < 4.78 is 0. The molecule has 1 aliphatic rings.